The molecule has 3 nitrogen and oxygen atoms in total. The van der Waals surface area contributed by atoms with E-state index in [0.29, 0.717) is 0 Å². The molecule has 1 aromatic carbocycles. The number of nitrogens with one attached hydrogen (secondary N) is 2. The molecule has 1 aromatic rings. The van der Waals surface area contributed by atoms with E-state index in [9.17, 15) is 4.79 Å². The maximum atomic E-state index is 11.7. The van der Waals surface area contributed by atoms with E-state index < -0.39 is 0 Å². The van der Waals surface area contributed by atoms with Gasteiger partial charge in [-0.25, -0.2) is 4.79 Å². The Morgan fingerprint density at radius 1 is 1.22 bits per heavy atom. The van der Waals surface area contributed by atoms with Crippen LogP contribution in [0.15, 0.2) is 30.3 Å². The van der Waals surface area contributed by atoms with Crippen LogP contribution in [0.4, 0.5) is 4.79 Å². The molecule has 0 saturated heterocycles. The molecule has 2 amide bonds. The Bertz CT molecular complexity index is 371. The van der Waals surface area contributed by atoms with E-state index >= 15 is 0 Å². The Morgan fingerprint density at radius 3 is 2.39 bits per heavy atom. The first-order valence-corrected chi connectivity index (χ1v) is 6.52. The monoisotopic (exact) mass is 248 g/mol. The van der Waals surface area contributed by atoms with Crippen molar-refractivity contribution in [3.05, 3.63) is 35.9 Å². The fraction of sp³-hybridized carbons (Fsp3) is 0.533. The Labute approximate surface area is 110 Å². The Kier molecular flexibility index (Phi) is 5.20. The molecule has 0 aliphatic carbocycles. The molecule has 0 aliphatic rings. The van der Waals surface area contributed by atoms with Crippen LogP contribution in [0.1, 0.15) is 39.7 Å². The maximum absolute atomic E-state index is 11.7. The molecule has 100 valence electrons. The standard InChI is InChI=1S/C15H24N2O/c1-12(2)16-14(18)17-15(3,4)11-10-13-8-6-5-7-9-13/h5-9,12H,10-11H2,1-4H3,(H2,16,17,18). The average Bonchev–Trinajstić information content (AvgIpc) is 2.26. The summed E-state index contributed by atoms with van der Waals surface area (Å²) in [5.41, 5.74) is 1.10. The second-order valence-electron chi connectivity index (χ2n) is 5.62. The molecule has 0 bridgehead atoms. The lowest BCUT2D eigenvalue weighted by Crippen LogP contribution is -2.50. The highest BCUT2D eigenvalue weighted by Gasteiger charge is 2.20. The Balaban J connectivity index is 2.42. The molecule has 0 unspecified atom stereocenters. The third-order valence-corrected chi connectivity index (χ3v) is 2.75. The summed E-state index contributed by atoms with van der Waals surface area (Å²) in [6.45, 7) is 8.01. The van der Waals surface area contributed by atoms with Crippen molar-refractivity contribution in [1.82, 2.24) is 10.6 Å². The van der Waals surface area contributed by atoms with E-state index in [1.165, 1.54) is 5.56 Å². The smallest absolute Gasteiger partial charge is 0.315 e. The van der Waals surface area contributed by atoms with Crippen LogP contribution in [0.5, 0.6) is 0 Å². The van der Waals surface area contributed by atoms with Crippen LogP contribution in [-0.4, -0.2) is 17.6 Å². The predicted molar refractivity (Wildman–Crippen MR) is 75.6 cm³/mol. The molecule has 0 aliphatic heterocycles. The summed E-state index contributed by atoms with van der Waals surface area (Å²) in [4.78, 5) is 11.7. The van der Waals surface area contributed by atoms with Gasteiger partial charge in [-0.3, -0.25) is 0 Å². The van der Waals surface area contributed by atoms with Gasteiger partial charge in [0.15, 0.2) is 0 Å². The van der Waals surface area contributed by atoms with Gasteiger partial charge in [0.05, 0.1) is 0 Å². The first-order valence-electron chi connectivity index (χ1n) is 6.52. The molecule has 0 aromatic heterocycles. The third kappa shape index (κ3) is 5.71. The van der Waals surface area contributed by atoms with Gasteiger partial charge in [0.1, 0.15) is 0 Å². The van der Waals surface area contributed by atoms with Crippen molar-refractivity contribution in [1.29, 1.82) is 0 Å². The van der Waals surface area contributed by atoms with E-state index in [0.717, 1.165) is 12.8 Å². The number of aryl methyl sites for hydroxylation is 1. The zero-order valence-electron chi connectivity index (χ0n) is 11.8. The average molecular weight is 248 g/mol. The SMILES string of the molecule is CC(C)NC(=O)NC(C)(C)CCc1ccccc1. The highest BCUT2D eigenvalue weighted by atomic mass is 16.2. The number of benzene rings is 1. The van der Waals surface area contributed by atoms with Gasteiger partial charge in [-0.2, -0.15) is 0 Å². The lowest BCUT2D eigenvalue weighted by atomic mass is 9.95. The van der Waals surface area contributed by atoms with E-state index in [1.54, 1.807) is 0 Å². The van der Waals surface area contributed by atoms with E-state index in [4.69, 9.17) is 0 Å². The minimum Gasteiger partial charge on any atom is -0.336 e. The summed E-state index contributed by atoms with van der Waals surface area (Å²) in [5.74, 6) is 0. The fourth-order valence-corrected chi connectivity index (χ4v) is 1.77. The predicted octanol–water partition coefficient (Wildman–Crippen LogP) is 3.11. The summed E-state index contributed by atoms with van der Waals surface area (Å²) < 4.78 is 0. The Hall–Kier alpha value is -1.51. The molecule has 0 fully saturated rings. The maximum Gasteiger partial charge on any atom is 0.315 e. The second kappa shape index (κ2) is 6.43. The van der Waals surface area contributed by atoms with Gasteiger partial charge in [0.25, 0.3) is 0 Å². The molecule has 0 saturated carbocycles. The number of hydrogen-bond acceptors (Lipinski definition) is 1. The number of carbonyl (C=O) groups excluding carboxylic acids is 1. The van der Waals surface area contributed by atoms with Crippen LogP contribution < -0.4 is 10.6 Å². The van der Waals surface area contributed by atoms with Gasteiger partial charge in [0.2, 0.25) is 0 Å². The quantitative estimate of drug-likeness (QED) is 0.826. The summed E-state index contributed by atoms with van der Waals surface area (Å²) >= 11 is 0. The number of urea groups is 1. The van der Waals surface area contributed by atoms with Crippen LogP contribution in [0.2, 0.25) is 0 Å². The number of hydrogen-bond donors (Lipinski definition) is 2. The lowest BCUT2D eigenvalue weighted by molar-refractivity contribution is 0.225. The van der Waals surface area contributed by atoms with Crippen LogP contribution in [0.25, 0.3) is 0 Å². The Morgan fingerprint density at radius 2 is 1.83 bits per heavy atom. The number of amides is 2. The zero-order valence-corrected chi connectivity index (χ0v) is 11.8. The highest BCUT2D eigenvalue weighted by molar-refractivity contribution is 5.74. The van der Waals surface area contributed by atoms with Gasteiger partial charge in [-0.15, -0.1) is 0 Å². The first-order chi connectivity index (χ1) is 8.39. The van der Waals surface area contributed by atoms with Gasteiger partial charge in [0, 0.05) is 11.6 Å². The van der Waals surface area contributed by atoms with E-state index in [2.05, 4.69) is 36.6 Å². The molecule has 3 heteroatoms. The molecular formula is C15H24N2O. The summed E-state index contributed by atoms with van der Waals surface area (Å²) in [6, 6.07) is 10.4. The van der Waals surface area contributed by atoms with E-state index in [-0.39, 0.29) is 17.6 Å². The third-order valence-electron chi connectivity index (χ3n) is 2.75. The molecule has 1 rings (SSSR count). The van der Waals surface area contributed by atoms with Crippen molar-refractivity contribution in [2.75, 3.05) is 0 Å². The summed E-state index contributed by atoms with van der Waals surface area (Å²) in [7, 11) is 0. The summed E-state index contributed by atoms with van der Waals surface area (Å²) in [6.07, 6.45) is 1.89. The molecule has 0 atom stereocenters. The van der Waals surface area contributed by atoms with Gasteiger partial charge in [-0.05, 0) is 46.1 Å². The molecular weight excluding hydrogens is 224 g/mol. The van der Waals surface area contributed by atoms with Crippen molar-refractivity contribution in [2.45, 2.75) is 52.1 Å². The minimum atomic E-state index is -0.200. The molecule has 18 heavy (non-hydrogen) atoms. The normalized spacial score (nSPS) is 11.4. The van der Waals surface area contributed by atoms with Crippen molar-refractivity contribution in [2.24, 2.45) is 0 Å². The highest BCUT2D eigenvalue weighted by Crippen LogP contribution is 2.13. The van der Waals surface area contributed by atoms with E-state index in [1.807, 2.05) is 32.0 Å². The topological polar surface area (TPSA) is 41.1 Å². The van der Waals surface area contributed by atoms with Crippen LogP contribution >= 0.6 is 0 Å². The fourth-order valence-electron chi connectivity index (χ4n) is 1.77. The van der Waals surface area contributed by atoms with Gasteiger partial charge >= 0.3 is 6.03 Å². The van der Waals surface area contributed by atoms with Crippen molar-refractivity contribution < 1.29 is 4.79 Å². The zero-order chi connectivity index (χ0) is 13.6. The number of carbonyl (C=O) groups is 1. The lowest BCUT2D eigenvalue weighted by Gasteiger charge is -2.27. The number of rotatable bonds is 5. The second-order valence-corrected chi connectivity index (χ2v) is 5.62. The molecule has 2 N–H and O–H groups in total. The first kappa shape index (κ1) is 14.6. The van der Waals surface area contributed by atoms with Crippen molar-refractivity contribution in [3.8, 4) is 0 Å². The molecule has 0 radical (unpaired) electrons. The summed E-state index contributed by atoms with van der Waals surface area (Å²) in [5, 5.41) is 5.85. The minimum absolute atomic E-state index is 0.0944. The van der Waals surface area contributed by atoms with Crippen molar-refractivity contribution in [3.63, 3.8) is 0 Å². The molecule has 0 heterocycles. The van der Waals surface area contributed by atoms with Crippen LogP contribution in [0, 0.1) is 0 Å². The molecule has 0 spiro atoms. The van der Waals surface area contributed by atoms with Crippen LogP contribution in [-0.2, 0) is 6.42 Å². The van der Waals surface area contributed by atoms with Gasteiger partial charge in [-0.1, -0.05) is 30.3 Å². The van der Waals surface area contributed by atoms with Gasteiger partial charge < -0.3 is 10.6 Å². The largest absolute Gasteiger partial charge is 0.336 e. The van der Waals surface area contributed by atoms with Crippen LogP contribution in [0.3, 0.4) is 0 Å². The van der Waals surface area contributed by atoms with Crippen molar-refractivity contribution >= 4 is 6.03 Å².